The van der Waals surface area contributed by atoms with Gasteiger partial charge in [-0.25, -0.2) is 0 Å². The van der Waals surface area contributed by atoms with Gasteiger partial charge in [0.15, 0.2) is 0 Å². The van der Waals surface area contributed by atoms with E-state index < -0.39 is 0 Å². The van der Waals surface area contributed by atoms with Crippen molar-refractivity contribution >= 4 is 11.7 Å². The molecular weight excluding hydrogens is 166 g/mol. The van der Waals surface area contributed by atoms with E-state index in [1.165, 1.54) is 0 Å². The van der Waals surface area contributed by atoms with Crippen LogP contribution < -0.4 is 5.32 Å². The van der Waals surface area contributed by atoms with E-state index in [0.29, 0.717) is 6.42 Å². The van der Waals surface area contributed by atoms with Gasteiger partial charge in [0.1, 0.15) is 5.78 Å². The van der Waals surface area contributed by atoms with Crippen molar-refractivity contribution in [2.24, 2.45) is 11.8 Å². The summed E-state index contributed by atoms with van der Waals surface area (Å²) >= 11 is 0. The lowest BCUT2D eigenvalue weighted by atomic mass is 9.91. The van der Waals surface area contributed by atoms with E-state index in [1.54, 1.807) is 0 Å². The lowest BCUT2D eigenvalue weighted by Gasteiger charge is -2.12. The lowest BCUT2D eigenvalue weighted by Crippen LogP contribution is -2.22. The highest BCUT2D eigenvalue weighted by molar-refractivity contribution is 5.83. The molecule has 1 fully saturated rings. The highest BCUT2D eigenvalue weighted by Crippen LogP contribution is 2.20. The summed E-state index contributed by atoms with van der Waals surface area (Å²) in [4.78, 5) is 22.5. The van der Waals surface area contributed by atoms with Gasteiger partial charge in [0.05, 0.1) is 0 Å². The maximum atomic E-state index is 11.3. The molecule has 1 saturated heterocycles. The van der Waals surface area contributed by atoms with Crippen molar-refractivity contribution in [2.75, 3.05) is 6.54 Å². The van der Waals surface area contributed by atoms with Crippen LogP contribution in [0, 0.1) is 11.8 Å². The number of carbonyl (C=O) groups excluding carboxylic acids is 2. The molecular formula is C10H17NO2. The molecule has 0 bridgehead atoms. The van der Waals surface area contributed by atoms with Crippen molar-refractivity contribution < 1.29 is 9.59 Å². The predicted octanol–water partition coefficient (Wildman–Crippen LogP) is 1.13. The first kappa shape index (κ1) is 10.2. The van der Waals surface area contributed by atoms with E-state index in [0.717, 1.165) is 19.4 Å². The van der Waals surface area contributed by atoms with Crippen molar-refractivity contribution in [3.63, 3.8) is 0 Å². The molecule has 2 atom stereocenters. The van der Waals surface area contributed by atoms with Crippen molar-refractivity contribution in [3.8, 4) is 0 Å². The van der Waals surface area contributed by atoms with Gasteiger partial charge >= 0.3 is 0 Å². The van der Waals surface area contributed by atoms with Crippen LogP contribution in [-0.4, -0.2) is 18.2 Å². The molecule has 0 saturated carbocycles. The Bertz CT molecular complexity index is 213. The maximum absolute atomic E-state index is 11.3. The zero-order valence-corrected chi connectivity index (χ0v) is 8.30. The lowest BCUT2D eigenvalue weighted by molar-refractivity contribution is -0.125. The smallest absolute Gasteiger partial charge is 0.223 e. The Kier molecular flexibility index (Phi) is 3.46. The Morgan fingerprint density at radius 1 is 1.69 bits per heavy atom. The summed E-state index contributed by atoms with van der Waals surface area (Å²) in [6, 6.07) is 0. The van der Waals surface area contributed by atoms with Gasteiger partial charge in [-0.1, -0.05) is 13.8 Å². The van der Waals surface area contributed by atoms with Crippen LogP contribution in [0.4, 0.5) is 0 Å². The highest BCUT2D eigenvalue weighted by Gasteiger charge is 2.27. The molecule has 0 aromatic carbocycles. The van der Waals surface area contributed by atoms with Gasteiger partial charge < -0.3 is 5.32 Å². The summed E-state index contributed by atoms with van der Waals surface area (Å²) in [5.41, 5.74) is 0. The third kappa shape index (κ3) is 2.54. The topological polar surface area (TPSA) is 46.2 Å². The molecule has 0 aliphatic carbocycles. The van der Waals surface area contributed by atoms with Crippen LogP contribution >= 0.6 is 0 Å². The van der Waals surface area contributed by atoms with Crippen LogP contribution in [0.25, 0.3) is 0 Å². The van der Waals surface area contributed by atoms with Crippen molar-refractivity contribution in [2.45, 2.75) is 33.1 Å². The first-order chi connectivity index (χ1) is 6.15. The zero-order valence-electron chi connectivity index (χ0n) is 8.30. The number of nitrogens with one attached hydrogen (secondary N) is 1. The molecule has 0 radical (unpaired) electrons. The average molecular weight is 183 g/mol. The molecule has 1 aliphatic heterocycles. The number of hydrogen-bond donors (Lipinski definition) is 1. The Morgan fingerprint density at radius 3 is 2.85 bits per heavy atom. The number of hydrogen-bond acceptors (Lipinski definition) is 2. The van der Waals surface area contributed by atoms with E-state index in [-0.39, 0.29) is 23.5 Å². The van der Waals surface area contributed by atoms with Gasteiger partial charge in [-0.3, -0.25) is 9.59 Å². The van der Waals surface area contributed by atoms with Gasteiger partial charge in [-0.2, -0.15) is 0 Å². The van der Waals surface area contributed by atoms with Crippen molar-refractivity contribution in [3.05, 3.63) is 0 Å². The maximum Gasteiger partial charge on any atom is 0.223 e. The van der Waals surface area contributed by atoms with E-state index >= 15 is 0 Å². The first-order valence-corrected chi connectivity index (χ1v) is 4.95. The van der Waals surface area contributed by atoms with Gasteiger partial charge in [0, 0.05) is 24.8 Å². The third-order valence-electron chi connectivity index (χ3n) is 2.70. The molecule has 1 heterocycles. The highest BCUT2D eigenvalue weighted by atomic mass is 16.2. The van der Waals surface area contributed by atoms with Crippen LogP contribution in [-0.2, 0) is 9.59 Å². The molecule has 0 spiro atoms. The zero-order chi connectivity index (χ0) is 9.84. The van der Waals surface area contributed by atoms with E-state index in [2.05, 4.69) is 5.32 Å². The Balaban J connectivity index is 2.39. The summed E-state index contributed by atoms with van der Waals surface area (Å²) in [6.45, 7) is 4.56. The first-order valence-electron chi connectivity index (χ1n) is 4.95. The Labute approximate surface area is 78.9 Å². The van der Waals surface area contributed by atoms with Crippen LogP contribution in [0.15, 0.2) is 0 Å². The van der Waals surface area contributed by atoms with Gasteiger partial charge in [0.2, 0.25) is 5.91 Å². The number of carbonyl (C=O) groups is 2. The molecule has 74 valence electrons. The number of amides is 1. The van der Waals surface area contributed by atoms with Crippen LogP contribution in [0.1, 0.15) is 33.1 Å². The second-order valence-electron chi connectivity index (χ2n) is 3.73. The fraction of sp³-hybridized carbons (Fsp3) is 0.800. The SMILES string of the molecule is CCC(=O)C(C)CC1CCNC1=O. The molecule has 2 unspecified atom stereocenters. The number of Topliss-reactive ketones (excluding diaryl/α,β-unsaturated/α-hetero) is 1. The van der Waals surface area contributed by atoms with Gasteiger partial charge in [-0.05, 0) is 12.8 Å². The molecule has 0 aromatic heterocycles. The van der Waals surface area contributed by atoms with E-state index in [1.807, 2.05) is 13.8 Å². The average Bonchev–Trinajstić information content (AvgIpc) is 2.50. The minimum Gasteiger partial charge on any atom is -0.356 e. The van der Waals surface area contributed by atoms with E-state index in [9.17, 15) is 9.59 Å². The minimum absolute atomic E-state index is 0.0406. The van der Waals surface area contributed by atoms with Gasteiger partial charge in [0.25, 0.3) is 0 Å². The third-order valence-corrected chi connectivity index (χ3v) is 2.70. The molecule has 3 heteroatoms. The largest absolute Gasteiger partial charge is 0.356 e. The van der Waals surface area contributed by atoms with E-state index in [4.69, 9.17) is 0 Å². The second kappa shape index (κ2) is 4.40. The van der Waals surface area contributed by atoms with Gasteiger partial charge in [-0.15, -0.1) is 0 Å². The summed E-state index contributed by atoms with van der Waals surface area (Å²) in [5, 5.41) is 2.78. The van der Waals surface area contributed by atoms with Crippen LogP contribution in [0.3, 0.4) is 0 Å². The Morgan fingerprint density at radius 2 is 2.38 bits per heavy atom. The molecule has 3 nitrogen and oxygen atoms in total. The molecule has 1 amide bonds. The fourth-order valence-electron chi connectivity index (χ4n) is 1.78. The quantitative estimate of drug-likeness (QED) is 0.710. The van der Waals surface area contributed by atoms with Crippen molar-refractivity contribution in [1.82, 2.24) is 5.32 Å². The number of rotatable bonds is 4. The molecule has 1 rings (SSSR count). The minimum atomic E-state index is 0.0406. The summed E-state index contributed by atoms with van der Waals surface area (Å²) in [6.07, 6.45) is 2.19. The molecule has 1 N–H and O–H groups in total. The summed E-state index contributed by atoms with van der Waals surface area (Å²) in [5.74, 6) is 0.500. The Hall–Kier alpha value is -0.860. The standard InChI is InChI=1S/C10H17NO2/c1-3-9(12)7(2)6-8-4-5-11-10(8)13/h7-8H,3-6H2,1-2H3,(H,11,13). The van der Waals surface area contributed by atoms with Crippen molar-refractivity contribution in [1.29, 1.82) is 0 Å². The molecule has 13 heavy (non-hydrogen) atoms. The second-order valence-corrected chi connectivity index (χ2v) is 3.73. The fourth-order valence-corrected chi connectivity index (χ4v) is 1.78. The monoisotopic (exact) mass is 183 g/mol. The summed E-state index contributed by atoms with van der Waals surface area (Å²) < 4.78 is 0. The number of ketones is 1. The predicted molar refractivity (Wildman–Crippen MR) is 50.2 cm³/mol. The van der Waals surface area contributed by atoms with Crippen LogP contribution in [0.5, 0.6) is 0 Å². The molecule has 0 aromatic rings. The van der Waals surface area contributed by atoms with Crippen LogP contribution in [0.2, 0.25) is 0 Å². The summed E-state index contributed by atoms with van der Waals surface area (Å²) in [7, 11) is 0. The molecule has 1 aliphatic rings. The normalized spacial score (nSPS) is 24.2.